The zero-order valence-corrected chi connectivity index (χ0v) is 11.9. The van der Waals surface area contributed by atoms with E-state index in [1.54, 1.807) is 6.92 Å². The highest BCUT2D eigenvalue weighted by molar-refractivity contribution is 5.34. The van der Waals surface area contributed by atoms with Crippen LogP contribution in [-0.4, -0.2) is 26.8 Å². The van der Waals surface area contributed by atoms with Crippen LogP contribution in [0.25, 0.3) is 5.69 Å². The number of hydrogen-bond acceptors (Lipinski definition) is 4. The number of benzene rings is 1. The predicted molar refractivity (Wildman–Crippen MR) is 70.3 cm³/mol. The lowest BCUT2D eigenvalue weighted by Gasteiger charge is -2.15. The van der Waals surface area contributed by atoms with Crippen molar-refractivity contribution in [3.8, 4) is 5.69 Å². The minimum Gasteiger partial charge on any atom is -0.307 e. The molecule has 2 rings (SSSR count). The summed E-state index contributed by atoms with van der Waals surface area (Å²) in [6, 6.07) is 1.03. The molecule has 8 heteroatoms. The lowest BCUT2D eigenvalue weighted by atomic mass is 10.2. The van der Waals surface area contributed by atoms with Gasteiger partial charge >= 0.3 is 0 Å². The van der Waals surface area contributed by atoms with Crippen molar-refractivity contribution in [1.82, 2.24) is 25.5 Å². The molecule has 0 amide bonds. The van der Waals surface area contributed by atoms with Gasteiger partial charge in [0.25, 0.3) is 0 Å². The second-order valence-corrected chi connectivity index (χ2v) is 5.19. The standard InChI is InChI=1S/C13H16F3N5/c1-7(2)6-17-8(3)13-18-19-20-21(13)11-5-9(14)4-10(15)12(11)16/h4-5,7-8,17H,6H2,1-3H3. The van der Waals surface area contributed by atoms with Gasteiger partial charge in [0, 0.05) is 12.1 Å². The molecule has 5 nitrogen and oxygen atoms in total. The van der Waals surface area contributed by atoms with Crippen LogP contribution in [-0.2, 0) is 0 Å². The molecule has 1 unspecified atom stereocenters. The van der Waals surface area contributed by atoms with E-state index < -0.39 is 17.5 Å². The Balaban J connectivity index is 2.36. The lowest BCUT2D eigenvalue weighted by Crippen LogP contribution is -2.26. The number of halogens is 3. The van der Waals surface area contributed by atoms with Crippen LogP contribution in [0, 0.1) is 23.4 Å². The molecule has 0 bridgehead atoms. The molecule has 21 heavy (non-hydrogen) atoms. The number of rotatable bonds is 5. The smallest absolute Gasteiger partial charge is 0.184 e. The summed E-state index contributed by atoms with van der Waals surface area (Å²) in [5.74, 6) is -2.69. The highest BCUT2D eigenvalue weighted by atomic mass is 19.2. The van der Waals surface area contributed by atoms with Gasteiger partial charge in [0.2, 0.25) is 0 Å². The summed E-state index contributed by atoms with van der Waals surface area (Å²) in [5.41, 5.74) is -0.356. The third kappa shape index (κ3) is 3.38. The molecule has 2 aromatic rings. The van der Waals surface area contributed by atoms with E-state index in [2.05, 4.69) is 20.8 Å². The number of aromatic nitrogens is 4. The molecule has 0 fully saturated rings. The highest BCUT2D eigenvalue weighted by Gasteiger charge is 2.20. The first-order chi connectivity index (χ1) is 9.90. The first kappa shape index (κ1) is 15.4. The fourth-order valence-electron chi connectivity index (χ4n) is 1.84. The van der Waals surface area contributed by atoms with Crippen LogP contribution in [0.3, 0.4) is 0 Å². The zero-order valence-electron chi connectivity index (χ0n) is 11.9. The predicted octanol–water partition coefficient (Wildman–Crippen LogP) is 2.39. The topological polar surface area (TPSA) is 55.6 Å². The summed E-state index contributed by atoms with van der Waals surface area (Å²) < 4.78 is 41.4. The van der Waals surface area contributed by atoms with Gasteiger partial charge in [0.15, 0.2) is 17.5 Å². The first-order valence-electron chi connectivity index (χ1n) is 6.56. The van der Waals surface area contributed by atoms with Crippen molar-refractivity contribution in [3.63, 3.8) is 0 Å². The second kappa shape index (κ2) is 6.21. The Morgan fingerprint density at radius 3 is 2.57 bits per heavy atom. The van der Waals surface area contributed by atoms with E-state index in [1.807, 2.05) is 13.8 Å². The first-order valence-corrected chi connectivity index (χ1v) is 6.56. The maximum Gasteiger partial charge on any atom is 0.184 e. The molecule has 0 radical (unpaired) electrons. The van der Waals surface area contributed by atoms with Crippen LogP contribution >= 0.6 is 0 Å². The van der Waals surface area contributed by atoms with Gasteiger partial charge in [0.05, 0.1) is 6.04 Å². The van der Waals surface area contributed by atoms with Crippen LogP contribution in [0.5, 0.6) is 0 Å². The number of nitrogens with one attached hydrogen (secondary N) is 1. The number of tetrazole rings is 1. The molecule has 0 aliphatic carbocycles. The van der Waals surface area contributed by atoms with Gasteiger partial charge < -0.3 is 5.32 Å². The molecule has 1 heterocycles. The van der Waals surface area contributed by atoms with E-state index in [0.29, 0.717) is 18.5 Å². The molecule has 1 aromatic carbocycles. The molecule has 1 N–H and O–H groups in total. The molecule has 0 spiro atoms. The minimum absolute atomic E-state index is 0.277. The van der Waals surface area contributed by atoms with Crippen molar-refractivity contribution in [1.29, 1.82) is 0 Å². The maximum atomic E-state index is 13.8. The molecule has 0 saturated heterocycles. The van der Waals surface area contributed by atoms with Crippen LogP contribution in [0.4, 0.5) is 13.2 Å². The van der Waals surface area contributed by atoms with E-state index in [-0.39, 0.29) is 17.6 Å². The fourth-order valence-corrected chi connectivity index (χ4v) is 1.84. The van der Waals surface area contributed by atoms with E-state index in [9.17, 15) is 13.2 Å². The van der Waals surface area contributed by atoms with Gasteiger partial charge in [-0.1, -0.05) is 13.8 Å². The minimum atomic E-state index is -1.28. The summed E-state index contributed by atoms with van der Waals surface area (Å²) in [7, 11) is 0. The summed E-state index contributed by atoms with van der Waals surface area (Å²) >= 11 is 0. The van der Waals surface area contributed by atoms with Crippen molar-refractivity contribution in [2.75, 3.05) is 6.54 Å². The summed E-state index contributed by atoms with van der Waals surface area (Å²) in [4.78, 5) is 0. The Hall–Kier alpha value is -1.96. The lowest BCUT2D eigenvalue weighted by molar-refractivity contribution is 0.463. The van der Waals surface area contributed by atoms with Gasteiger partial charge in [-0.15, -0.1) is 5.10 Å². The van der Waals surface area contributed by atoms with Crippen molar-refractivity contribution in [2.45, 2.75) is 26.8 Å². The quantitative estimate of drug-likeness (QED) is 0.861. The highest BCUT2D eigenvalue weighted by Crippen LogP contribution is 2.20. The average Bonchev–Trinajstić information content (AvgIpc) is 2.89. The van der Waals surface area contributed by atoms with E-state index in [4.69, 9.17) is 0 Å². The molecular formula is C13H16F3N5. The average molecular weight is 299 g/mol. The van der Waals surface area contributed by atoms with Crippen LogP contribution in [0.1, 0.15) is 32.6 Å². The molecule has 1 aromatic heterocycles. The van der Waals surface area contributed by atoms with Crippen LogP contribution < -0.4 is 5.32 Å². The Morgan fingerprint density at radius 1 is 1.19 bits per heavy atom. The van der Waals surface area contributed by atoms with Crippen molar-refractivity contribution >= 4 is 0 Å². The summed E-state index contributed by atoms with van der Waals surface area (Å²) in [6.07, 6.45) is 0. The number of hydrogen-bond donors (Lipinski definition) is 1. The van der Waals surface area contributed by atoms with Gasteiger partial charge in [-0.2, -0.15) is 4.68 Å². The zero-order chi connectivity index (χ0) is 15.6. The normalized spacial score (nSPS) is 12.9. The Morgan fingerprint density at radius 2 is 1.90 bits per heavy atom. The Labute approximate surface area is 120 Å². The second-order valence-electron chi connectivity index (χ2n) is 5.19. The molecule has 1 atom stereocenters. The third-order valence-corrected chi connectivity index (χ3v) is 2.92. The van der Waals surface area contributed by atoms with Crippen LogP contribution in [0.15, 0.2) is 12.1 Å². The van der Waals surface area contributed by atoms with Gasteiger partial charge in [-0.3, -0.25) is 0 Å². The van der Waals surface area contributed by atoms with E-state index in [1.165, 1.54) is 0 Å². The Bertz CT molecular complexity index is 626. The number of nitrogens with zero attached hydrogens (tertiary/aromatic N) is 4. The van der Waals surface area contributed by atoms with E-state index >= 15 is 0 Å². The van der Waals surface area contributed by atoms with Gasteiger partial charge in [-0.25, -0.2) is 13.2 Å². The monoisotopic (exact) mass is 299 g/mol. The van der Waals surface area contributed by atoms with Crippen molar-refractivity contribution < 1.29 is 13.2 Å². The molecule has 0 saturated carbocycles. The Kier molecular flexibility index (Phi) is 4.56. The summed E-state index contributed by atoms with van der Waals surface area (Å²) in [6.45, 7) is 6.56. The summed E-state index contributed by atoms with van der Waals surface area (Å²) in [5, 5.41) is 14.0. The van der Waals surface area contributed by atoms with Crippen LogP contribution in [0.2, 0.25) is 0 Å². The van der Waals surface area contributed by atoms with Gasteiger partial charge in [0.1, 0.15) is 11.5 Å². The molecule has 0 aliphatic rings. The maximum absolute atomic E-state index is 13.8. The fraction of sp³-hybridized carbons (Fsp3) is 0.462. The molecule has 114 valence electrons. The van der Waals surface area contributed by atoms with Crippen molar-refractivity contribution in [3.05, 3.63) is 35.4 Å². The SMILES string of the molecule is CC(C)CNC(C)c1nnnn1-c1cc(F)cc(F)c1F. The molecule has 0 aliphatic heterocycles. The largest absolute Gasteiger partial charge is 0.307 e. The molecular weight excluding hydrogens is 283 g/mol. The van der Waals surface area contributed by atoms with Gasteiger partial charge in [-0.05, 0) is 29.8 Å². The van der Waals surface area contributed by atoms with Crippen molar-refractivity contribution in [2.24, 2.45) is 5.92 Å². The third-order valence-electron chi connectivity index (χ3n) is 2.92. The van der Waals surface area contributed by atoms with E-state index in [0.717, 1.165) is 10.7 Å².